The summed E-state index contributed by atoms with van der Waals surface area (Å²) in [4.78, 5) is 15.9. The molecule has 2 rings (SSSR count). The Morgan fingerprint density at radius 2 is 1.56 bits per heavy atom. The third-order valence-electron chi connectivity index (χ3n) is 3.50. The first-order chi connectivity index (χ1) is 7.66. The molecule has 0 aromatic rings. The van der Waals surface area contributed by atoms with Crippen LogP contribution >= 0.6 is 0 Å². The largest absolute Gasteiger partial charge is 0.325 e. The fourth-order valence-corrected chi connectivity index (χ4v) is 3.28. The average Bonchev–Trinajstić information content (AvgIpc) is 2.30. The first-order valence-corrected chi connectivity index (χ1v) is 7.54. The van der Waals surface area contributed by atoms with Gasteiger partial charge < -0.3 is 9.80 Å². The van der Waals surface area contributed by atoms with Crippen molar-refractivity contribution in [1.82, 2.24) is 9.80 Å². The van der Waals surface area contributed by atoms with Gasteiger partial charge in [0.05, 0.1) is 0 Å². The van der Waals surface area contributed by atoms with Gasteiger partial charge in [-0.3, -0.25) is 4.21 Å². The van der Waals surface area contributed by atoms with Gasteiger partial charge in [0.25, 0.3) is 0 Å². The fraction of sp³-hybridized carbons (Fsp3) is 0.909. The average molecular weight is 244 g/mol. The molecule has 0 spiro atoms. The lowest BCUT2D eigenvalue weighted by Gasteiger charge is -2.36. The van der Waals surface area contributed by atoms with Crippen LogP contribution in [0.1, 0.15) is 19.8 Å². The van der Waals surface area contributed by atoms with E-state index in [2.05, 4.69) is 6.92 Å². The summed E-state index contributed by atoms with van der Waals surface area (Å²) in [5.41, 5.74) is 0. The van der Waals surface area contributed by atoms with E-state index < -0.39 is 10.8 Å². The molecule has 2 aliphatic rings. The molecule has 5 heteroatoms. The molecule has 2 amide bonds. The predicted molar refractivity (Wildman–Crippen MR) is 64.8 cm³/mol. The first kappa shape index (κ1) is 11.9. The van der Waals surface area contributed by atoms with E-state index in [0.717, 1.165) is 31.8 Å². The van der Waals surface area contributed by atoms with Crippen LogP contribution in [0.2, 0.25) is 0 Å². The summed E-state index contributed by atoms with van der Waals surface area (Å²) < 4.78 is 11.2. The highest BCUT2D eigenvalue weighted by molar-refractivity contribution is 7.85. The molecule has 16 heavy (non-hydrogen) atoms. The lowest BCUT2D eigenvalue weighted by Crippen LogP contribution is -2.50. The van der Waals surface area contributed by atoms with Crippen LogP contribution in [-0.4, -0.2) is 57.7 Å². The molecule has 2 heterocycles. The van der Waals surface area contributed by atoms with Crippen LogP contribution in [-0.2, 0) is 10.8 Å². The Labute approximate surface area is 99.4 Å². The Hall–Kier alpha value is -0.580. The van der Waals surface area contributed by atoms with Crippen LogP contribution in [0.15, 0.2) is 0 Å². The summed E-state index contributed by atoms with van der Waals surface area (Å²) in [5, 5.41) is 0. The summed E-state index contributed by atoms with van der Waals surface area (Å²) in [7, 11) is -0.700. The Bertz CT molecular complexity index is 278. The standard InChI is InChI=1S/C11H20N2O2S/c1-10-2-4-12(5-3-10)11(14)13-6-8-16(15)9-7-13/h10H,2-9H2,1H3. The van der Waals surface area contributed by atoms with Gasteiger partial charge >= 0.3 is 6.03 Å². The number of rotatable bonds is 0. The molecular weight excluding hydrogens is 224 g/mol. The van der Waals surface area contributed by atoms with E-state index in [0.29, 0.717) is 24.6 Å². The first-order valence-electron chi connectivity index (χ1n) is 6.05. The lowest BCUT2D eigenvalue weighted by atomic mass is 10.00. The molecule has 2 fully saturated rings. The van der Waals surface area contributed by atoms with Gasteiger partial charge in [0.2, 0.25) is 0 Å². The third kappa shape index (κ3) is 2.75. The summed E-state index contributed by atoms with van der Waals surface area (Å²) in [6, 6.07) is 0.156. The number of likely N-dealkylation sites (tertiary alicyclic amines) is 1. The molecule has 4 nitrogen and oxygen atoms in total. The summed E-state index contributed by atoms with van der Waals surface area (Å²) in [6.45, 7) is 5.35. The Morgan fingerprint density at radius 3 is 2.12 bits per heavy atom. The van der Waals surface area contributed by atoms with E-state index in [9.17, 15) is 9.00 Å². The van der Waals surface area contributed by atoms with Gasteiger partial charge in [0.1, 0.15) is 0 Å². The Kier molecular flexibility index (Phi) is 3.84. The van der Waals surface area contributed by atoms with Crippen molar-refractivity contribution in [2.24, 2.45) is 5.92 Å². The number of hydrogen-bond acceptors (Lipinski definition) is 2. The number of carbonyl (C=O) groups excluding carboxylic acids is 1. The Morgan fingerprint density at radius 1 is 1.06 bits per heavy atom. The molecule has 0 aromatic heterocycles. The van der Waals surface area contributed by atoms with E-state index in [1.165, 1.54) is 0 Å². The highest BCUT2D eigenvalue weighted by Crippen LogP contribution is 2.17. The zero-order valence-corrected chi connectivity index (χ0v) is 10.7. The quantitative estimate of drug-likeness (QED) is 0.635. The van der Waals surface area contributed by atoms with Gasteiger partial charge in [-0.15, -0.1) is 0 Å². The number of urea groups is 1. The summed E-state index contributed by atoms with van der Waals surface area (Å²) >= 11 is 0. The highest BCUT2D eigenvalue weighted by Gasteiger charge is 2.26. The molecule has 0 radical (unpaired) electrons. The number of hydrogen-bond donors (Lipinski definition) is 0. The number of nitrogens with zero attached hydrogens (tertiary/aromatic N) is 2. The number of amides is 2. The summed E-state index contributed by atoms with van der Waals surface area (Å²) in [6.07, 6.45) is 2.23. The predicted octanol–water partition coefficient (Wildman–Crippen LogP) is 0.903. The highest BCUT2D eigenvalue weighted by atomic mass is 32.2. The van der Waals surface area contributed by atoms with Crippen molar-refractivity contribution < 1.29 is 9.00 Å². The molecule has 0 unspecified atom stereocenters. The molecule has 0 saturated carbocycles. The van der Waals surface area contributed by atoms with Gasteiger partial charge in [-0.2, -0.15) is 0 Å². The maximum Gasteiger partial charge on any atom is 0.320 e. The maximum absolute atomic E-state index is 12.1. The van der Waals surface area contributed by atoms with E-state index in [1.54, 1.807) is 0 Å². The Balaban J connectivity index is 1.85. The van der Waals surface area contributed by atoms with Gasteiger partial charge in [-0.05, 0) is 18.8 Å². The molecule has 0 aliphatic carbocycles. The molecule has 2 aliphatic heterocycles. The molecular formula is C11H20N2O2S. The van der Waals surface area contributed by atoms with Crippen molar-refractivity contribution in [3.63, 3.8) is 0 Å². The second-order valence-electron chi connectivity index (χ2n) is 4.79. The maximum atomic E-state index is 12.1. The van der Waals surface area contributed by atoms with Crippen LogP contribution in [0.3, 0.4) is 0 Å². The minimum absolute atomic E-state index is 0.156. The normalized spacial score (nSPS) is 24.8. The second-order valence-corrected chi connectivity index (χ2v) is 6.48. The van der Waals surface area contributed by atoms with Crippen LogP contribution in [0.4, 0.5) is 4.79 Å². The second kappa shape index (κ2) is 5.17. The van der Waals surface area contributed by atoms with Crippen molar-refractivity contribution in [2.75, 3.05) is 37.7 Å². The van der Waals surface area contributed by atoms with Crippen molar-refractivity contribution in [3.05, 3.63) is 0 Å². The van der Waals surface area contributed by atoms with Crippen molar-refractivity contribution in [2.45, 2.75) is 19.8 Å². The third-order valence-corrected chi connectivity index (χ3v) is 4.78. The smallest absolute Gasteiger partial charge is 0.320 e. The van der Waals surface area contributed by atoms with Gasteiger partial charge in [-0.1, -0.05) is 6.92 Å². The van der Waals surface area contributed by atoms with Gasteiger partial charge in [0, 0.05) is 48.5 Å². The zero-order chi connectivity index (χ0) is 11.5. The van der Waals surface area contributed by atoms with E-state index >= 15 is 0 Å². The van der Waals surface area contributed by atoms with Crippen LogP contribution in [0.25, 0.3) is 0 Å². The van der Waals surface area contributed by atoms with Crippen LogP contribution < -0.4 is 0 Å². The van der Waals surface area contributed by atoms with E-state index in [4.69, 9.17) is 0 Å². The molecule has 0 bridgehead atoms. The summed E-state index contributed by atoms with van der Waals surface area (Å²) in [5.74, 6) is 2.05. The lowest BCUT2D eigenvalue weighted by molar-refractivity contribution is 0.138. The van der Waals surface area contributed by atoms with Crippen LogP contribution in [0, 0.1) is 5.92 Å². The molecule has 92 valence electrons. The monoisotopic (exact) mass is 244 g/mol. The molecule has 2 saturated heterocycles. The van der Waals surface area contributed by atoms with Crippen molar-refractivity contribution in [3.8, 4) is 0 Å². The molecule has 0 atom stereocenters. The van der Waals surface area contributed by atoms with E-state index in [-0.39, 0.29) is 6.03 Å². The van der Waals surface area contributed by atoms with Crippen molar-refractivity contribution >= 4 is 16.8 Å². The van der Waals surface area contributed by atoms with Crippen molar-refractivity contribution in [1.29, 1.82) is 0 Å². The minimum Gasteiger partial charge on any atom is -0.325 e. The number of carbonyl (C=O) groups is 1. The molecule has 0 N–H and O–H groups in total. The minimum atomic E-state index is -0.700. The topological polar surface area (TPSA) is 40.6 Å². The van der Waals surface area contributed by atoms with E-state index in [1.807, 2.05) is 9.80 Å². The zero-order valence-electron chi connectivity index (χ0n) is 9.85. The van der Waals surface area contributed by atoms with Gasteiger partial charge in [-0.25, -0.2) is 4.79 Å². The molecule has 0 aromatic carbocycles. The van der Waals surface area contributed by atoms with Gasteiger partial charge in [0.15, 0.2) is 0 Å². The van der Waals surface area contributed by atoms with Crippen LogP contribution in [0.5, 0.6) is 0 Å². The SMILES string of the molecule is CC1CCN(C(=O)N2CCS(=O)CC2)CC1. The number of piperidine rings is 1. The fourth-order valence-electron chi connectivity index (χ4n) is 2.23.